The van der Waals surface area contributed by atoms with Gasteiger partial charge in [-0.05, 0) is 12.8 Å². The molecule has 0 spiro atoms. The summed E-state index contributed by atoms with van der Waals surface area (Å²) in [5.74, 6) is 0.974. The Hall–Kier alpha value is -0.510. The summed E-state index contributed by atoms with van der Waals surface area (Å²) in [4.78, 5) is 0. The molecule has 1 saturated carbocycles. The van der Waals surface area contributed by atoms with Crippen molar-refractivity contribution >= 4 is 17.7 Å². The Labute approximate surface area is 70.5 Å². The zero-order valence-electron chi connectivity index (χ0n) is 6.47. The highest BCUT2D eigenvalue weighted by Crippen LogP contribution is 2.20. The third-order valence-electron chi connectivity index (χ3n) is 2.23. The van der Waals surface area contributed by atoms with Gasteiger partial charge in [0.05, 0.1) is 0 Å². The summed E-state index contributed by atoms with van der Waals surface area (Å²) in [6, 6.07) is 0.677. The van der Waals surface area contributed by atoms with Gasteiger partial charge in [-0.2, -0.15) is 0 Å². The topological polar surface area (TPSA) is 40.7 Å². The van der Waals surface area contributed by atoms with Crippen molar-refractivity contribution in [2.75, 3.05) is 5.32 Å². The number of hydrogen-bond acceptors (Lipinski definition) is 3. The molecule has 2 N–H and O–H groups in total. The lowest BCUT2D eigenvalue weighted by Gasteiger charge is -2.22. The van der Waals surface area contributed by atoms with E-state index in [1.165, 1.54) is 43.8 Å². The molecule has 62 valence electrons. The van der Waals surface area contributed by atoms with Crippen LogP contribution in [0.25, 0.3) is 0 Å². The number of H-pyrrole nitrogens is 1. The molecule has 0 radical (unpaired) electrons. The second-order valence-corrected chi connectivity index (χ2v) is 3.68. The lowest BCUT2D eigenvalue weighted by molar-refractivity contribution is 0.461. The molecule has 1 aliphatic rings. The Kier molecular flexibility index (Phi) is 2.12. The first-order chi connectivity index (χ1) is 5.45. The van der Waals surface area contributed by atoms with Gasteiger partial charge in [-0.15, -0.1) is 4.37 Å². The third-order valence-corrected chi connectivity index (χ3v) is 2.78. The van der Waals surface area contributed by atoms with Gasteiger partial charge in [-0.1, -0.05) is 19.3 Å². The monoisotopic (exact) mass is 171 g/mol. The van der Waals surface area contributed by atoms with E-state index in [2.05, 4.69) is 14.1 Å². The first-order valence-electron chi connectivity index (χ1n) is 4.22. The van der Waals surface area contributed by atoms with Crippen LogP contribution in [0.1, 0.15) is 32.1 Å². The number of aromatic amines is 1. The summed E-state index contributed by atoms with van der Waals surface area (Å²) in [7, 11) is 0. The molecule has 0 aliphatic heterocycles. The molecule has 0 atom stereocenters. The third kappa shape index (κ3) is 1.74. The molecule has 0 bridgehead atoms. The predicted molar refractivity (Wildman–Crippen MR) is 47.0 cm³/mol. The molecule has 1 aliphatic carbocycles. The van der Waals surface area contributed by atoms with Crippen LogP contribution in [0.3, 0.4) is 0 Å². The van der Waals surface area contributed by atoms with Crippen LogP contribution in [0.5, 0.6) is 0 Å². The smallest absolute Gasteiger partial charge is 0.223 e. The SMILES string of the molecule is C1CCC(Nc2ns[nH]2)CC1. The van der Waals surface area contributed by atoms with Crippen LogP contribution >= 0.6 is 11.7 Å². The standard InChI is InChI=1S/C7H13N3S/c1-2-4-6(5-3-1)8-7-9-11-10-7/h6H,1-5H2,(H2,8,9,10). The van der Waals surface area contributed by atoms with Crippen LogP contribution in [0.2, 0.25) is 0 Å². The van der Waals surface area contributed by atoms with Gasteiger partial charge in [0.15, 0.2) is 0 Å². The largest absolute Gasteiger partial charge is 0.352 e. The van der Waals surface area contributed by atoms with Crippen LogP contribution in [-0.4, -0.2) is 14.8 Å². The summed E-state index contributed by atoms with van der Waals surface area (Å²) in [6.45, 7) is 0. The Balaban J connectivity index is 1.79. The van der Waals surface area contributed by atoms with Crippen molar-refractivity contribution < 1.29 is 0 Å². The van der Waals surface area contributed by atoms with Crippen molar-refractivity contribution in [1.29, 1.82) is 0 Å². The number of aromatic nitrogens is 2. The van der Waals surface area contributed by atoms with Crippen LogP contribution in [0.4, 0.5) is 5.95 Å². The van der Waals surface area contributed by atoms with Crippen LogP contribution < -0.4 is 5.32 Å². The minimum Gasteiger partial charge on any atom is -0.352 e. The van der Waals surface area contributed by atoms with Gasteiger partial charge in [-0.3, -0.25) is 4.37 Å². The van der Waals surface area contributed by atoms with E-state index in [0.717, 1.165) is 5.95 Å². The highest BCUT2D eigenvalue weighted by Gasteiger charge is 2.13. The Morgan fingerprint density at radius 3 is 2.64 bits per heavy atom. The number of rotatable bonds is 2. The quantitative estimate of drug-likeness (QED) is 0.716. The molecule has 1 aromatic rings. The molecular weight excluding hydrogens is 158 g/mol. The molecule has 0 amide bonds. The van der Waals surface area contributed by atoms with E-state index < -0.39 is 0 Å². The maximum Gasteiger partial charge on any atom is 0.223 e. The Bertz CT molecular complexity index is 191. The lowest BCUT2D eigenvalue weighted by atomic mass is 9.96. The molecule has 2 rings (SSSR count). The molecule has 0 unspecified atom stereocenters. The molecule has 1 aromatic heterocycles. The average Bonchev–Trinajstić information content (AvgIpc) is 1.99. The summed E-state index contributed by atoms with van der Waals surface area (Å²) >= 11 is 1.41. The minimum absolute atomic E-state index is 0.677. The summed E-state index contributed by atoms with van der Waals surface area (Å²) < 4.78 is 7.12. The summed E-state index contributed by atoms with van der Waals surface area (Å²) in [5, 5.41) is 3.37. The first kappa shape index (κ1) is 7.16. The van der Waals surface area contributed by atoms with Crippen molar-refractivity contribution in [3.8, 4) is 0 Å². The average molecular weight is 171 g/mol. The normalized spacial score (nSPS) is 20.4. The Morgan fingerprint density at radius 2 is 2.09 bits per heavy atom. The van der Waals surface area contributed by atoms with Crippen molar-refractivity contribution in [2.45, 2.75) is 38.1 Å². The number of anilines is 1. The van der Waals surface area contributed by atoms with Gasteiger partial charge >= 0.3 is 0 Å². The zero-order chi connectivity index (χ0) is 7.52. The molecule has 0 saturated heterocycles. The fourth-order valence-electron chi connectivity index (χ4n) is 1.59. The van der Waals surface area contributed by atoms with Crippen molar-refractivity contribution in [3.05, 3.63) is 0 Å². The molecule has 3 nitrogen and oxygen atoms in total. The summed E-state index contributed by atoms with van der Waals surface area (Å²) in [6.07, 6.45) is 6.78. The van der Waals surface area contributed by atoms with Crippen molar-refractivity contribution in [2.24, 2.45) is 0 Å². The van der Waals surface area contributed by atoms with E-state index in [1.54, 1.807) is 0 Å². The molecule has 0 aromatic carbocycles. The first-order valence-corrected chi connectivity index (χ1v) is 4.99. The lowest BCUT2D eigenvalue weighted by Crippen LogP contribution is -2.23. The van der Waals surface area contributed by atoms with E-state index in [0.29, 0.717) is 6.04 Å². The van der Waals surface area contributed by atoms with Gasteiger partial charge in [0.1, 0.15) is 0 Å². The van der Waals surface area contributed by atoms with Gasteiger partial charge in [0.25, 0.3) is 0 Å². The summed E-state index contributed by atoms with van der Waals surface area (Å²) in [5.41, 5.74) is 0. The van der Waals surface area contributed by atoms with E-state index in [-0.39, 0.29) is 0 Å². The molecule has 1 heterocycles. The minimum atomic E-state index is 0.677. The van der Waals surface area contributed by atoms with Crippen molar-refractivity contribution in [3.63, 3.8) is 0 Å². The molecule has 4 heteroatoms. The maximum absolute atomic E-state index is 4.07. The number of nitrogens with one attached hydrogen (secondary N) is 2. The molecular formula is C7H13N3S. The maximum atomic E-state index is 4.07. The highest BCUT2D eigenvalue weighted by atomic mass is 32.1. The van der Waals surface area contributed by atoms with Gasteiger partial charge in [0.2, 0.25) is 5.95 Å². The fraction of sp³-hybridized carbons (Fsp3) is 0.857. The number of nitrogens with zero attached hydrogens (tertiary/aromatic N) is 1. The van der Waals surface area contributed by atoms with Gasteiger partial charge < -0.3 is 5.32 Å². The van der Waals surface area contributed by atoms with E-state index in [4.69, 9.17) is 0 Å². The van der Waals surface area contributed by atoms with E-state index >= 15 is 0 Å². The molecule has 11 heavy (non-hydrogen) atoms. The predicted octanol–water partition coefficient (Wildman–Crippen LogP) is 2.22. The number of hydrogen-bond donors (Lipinski definition) is 2. The molecule has 1 fully saturated rings. The van der Waals surface area contributed by atoms with E-state index in [1.807, 2.05) is 0 Å². The highest BCUT2D eigenvalue weighted by molar-refractivity contribution is 7.00. The Morgan fingerprint density at radius 1 is 1.36 bits per heavy atom. The zero-order valence-corrected chi connectivity index (χ0v) is 7.28. The van der Waals surface area contributed by atoms with Crippen molar-refractivity contribution in [1.82, 2.24) is 8.75 Å². The van der Waals surface area contributed by atoms with Gasteiger partial charge in [-0.25, -0.2) is 0 Å². The second kappa shape index (κ2) is 3.26. The van der Waals surface area contributed by atoms with Gasteiger partial charge in [0, 0.05) is 17.8 Å². The van der Waals surface area contributed by atoms with Crippen LogP contribution in [0.15, 0.2) is 0 Å². The van der Waals surface area contributed by atoms with Crippen LogP contribution in [-0.2, 0) is 0 Å². The fourth-order valence-corrected chi connectivity index (χ4v) is 1.88. The second-order valence-electron chi connectivity index (χ2n) is 3.11. The van der Waals surface area contributed by atoms with E-state index in [9.17, 15) is 0 Å². The van der Waals surface area contributed by atoms with Crippen LogP contribution in [0, 0.1) is 0 Å².